The second kappa shape index (κ2) is 7.71. The van der Waals surface area contributed by atoms with Crippen LogP contribution in [0.4, 0.5) is 14.5 Å². The number of rotatable bonds is 6. The van der Waals surface area contributed by atoms with Crippen LogP contribution in [0.2, 0.25) is 0 Å². The van der Waals surface area contributed by atoms with Crippen molar-refractivity contribution in [2.75, 3.05) is 5.32 Å². The highest BCUT2D eigenvalue weighted by Crippen LogP contribution is 2.41. The van der Waals surface area contributed by atoms with Gasteiger partial charge in [0.2, 0.25) is 5.91 Å². The van der Waals surface area contributed by atoms with Gasteiger partial charge in [-0.25, -0.2) is 8.78 Å². The number of para-hydroxylation sites is 2. The first-order valence-corrected chi connectivity index (χ1v) is 9.85. The molecular formula is C20H18F2N4OS. The minimum absolute atomic E-state index is 0.374. The molecule has 1 saturated carbocycles. The predicted molar refractivity (Wildman–Crippen MR) is 104 cm³/mol. The molecule has 1 amide bonds. The number of hydrogen-bond donors (Lipinski definition) is 1. The first-order valence-electron chi connectivity index (χ1n) is 8.97. The average Bonchev–Trinajstić information content (AvgIpc) is 3.46. The maximum absolute atomic E-state index is 13.8. The summed E-state index contributed by atoms with van der Waals surface area (Å²) in [5, 5.41) is 10.9. The van der Waals surface area contributed by atoms with Gasteiger partial charge in [-0.2, -0.15) is 0 Å². The van der Waals surface area contributed by atoms with E-state index in [-0.39, 0.29) is 0 Å². The molecule has 1 fully saturated rings. The number of benzene rings is 2. The minimum atomic E-state index is -0.811. The maximum Gasteiger partial charge on any atom is 0.237 e. The summed E-state index contributed by atoms with van der Waals surface area (Å²) in [5.74, 6) is -0.882. The van der Waals surface area contributed by atoms with Gasteiger partial charge in [0.25, 0.3) is 0 Å². The predicted octanol–water partition coefficient (Wildman–Crippen LogP) is 4.54. The van der Waals surface area contributed by atoms with E-state index >= 15 is 0 Å². The van der Waals surface area contributed by atoms with Gasteiger partial charge in [0.1, 0.15) is 23.1 Å². The molecule has 1 aromatic heterocycles. The van der Waals surface area contributed by atoms with E-state index in [0.29, 0.717) is 11.1 Å². The lowest BCUT2D eigenvalue weighted by molar-refractivity contribution is -0.115. The molecule has 8 heteroatoms. The quantitative estimate of drug-likeness (QED) is 0.617. The number of carbonyl (C=O) groups excluding carboxylic acids is 1. The van der Waals surface area contributed by atoms with Gasteiger partial charge < -0.3 is 5.32 Å². The molecule has 3 aromatic rings. The number of carbonyl (C=O) groups is 1. The van der Waals surface area contributed by atoms with E-state index in [2.05, 4.69) is 15.5 Å². The Kier molecular flexibility index (Phi) is 5.13. The Bertz CT molecular complexity index is 984. The number of anilines is 1. The van der Waals surface area contributed by atoms with Gasteiger partial charge in [0.05, 0.1) is 5.25 Å². The van der Waals surface area contributed by atoms with Crippen LogP contribution in [0.25, 0.3) is 5.69 Å². The zero-order valence-electron chi connectivity index (χ0n) is 15.1. The molecule has 1 N–H and O–H groups in total. The van der Waals surface area contributed by atoms with Crippen LogP contribution >= 0.6 is 11.8 Å². The lowest BCUT2D eigenvalue weighted by Gasteiger charge is -2.14. The summed E-state index contributed by atoms with van der Waals surface area (Å²) in [7, 11) is 0. The first kappa shape index (κ1) is 18.6. The second-order valence-electron chi connectivity index (χ2n) is 6.63. The fourth-order valence-corrected chi connectivity index (χ4v) is 3.71. The summed E-state index contributed by atoms with van der Waals surface area (Å²) in [5.41, 5.74) is 0.479. The lowest BCUT2D eigenvalue weighted by Crippen LogP contribution is -2.24. The Morgan fingerprint density at radius 2 is 1.79 bits per heavy atom. The van der Waals surface area contributed by atoms with Crippen LogP contribution < -0.4 is 5.32 Å². The van der Waals surface area contributed by atoms with Gasteiger partial charge in [-0.15, -0.1) is 10.2 Å². The minimum Gasteiger partial charge on any atom is -0.320 e. The summed E-state index contributed by atoms with van der Waals surface area (Å²) in [6.45, 7) is 1.67. The fourth-order valence-electron chi connectivity index (χ4n) is 2.84. The Labute approximate surface area is 165 Å². The zero-order chi connectivity index (χ0) is 19.7. The Morgan fingerprint density at radius 1 is 1.11 bits per heavy atom. The van der Waals surface area contributed by atoms with Gasteiger partial charge in [-0.1, -0.05) is 36.0 Å². The number of amides is 1. The standard InChI is InChI=1S/C20H18F2N4OS/c1-12(19(27)23-17-15(21)8-5-9-16(17)22)28-20-25-24-18(13-10-11-13)26(20)14-6-3-2-4-7-14/h2-9,12-13H,10-11H2,1H3,(H,23,27)/t12-/m0/s1. The third kappa shape index (κ3) is 3.77. The molecule has 1 aliphatic carbocycles. The van der Waals surface area contributed by atoms with Crippen LogP contribution in [0.3, 0.4) is 0 Å². The lowest BCUT2D eigenvalue weighted by atomic mass is 10.3. The molecule has 28 heavy (non-hydrogen) atoms. The Hall–Kier alpha value is -2.74. The monoisotopic (exact) mass is 400 g/mol. The number of thioether (sulfide) groups is 1. The second-order valence-corrected chi connectivity index (χ2v) is 7.94. The van der Waals surface area contributed by atoms with Crippen LogP contribution in [-0.2, 0) is 4.79 Å². The van der Waals surface area contributed by atoms with Gasteiger partial charge in [0, 0.05) is 11.6 Å². The summed E-state index contributed by atoms with van der Waals surface area (Å²) < 4.78 is 29.5. The number of nitrogens with zero attached hydrogens (tertiary/aromatic N) is 3. The van der Waals surface area contributed by atoms with E-state index < -0.39 is 28.5 Å². The SMILES string of the molecule is C[C@H](Sc1nnc(C2CC2)n1-c1ccccc1)C(=O)Nc1c(F)cccc1F. The van der Waals surface area contributed by atoms with Crippen LogP contribution in [0, 0.1) is 11.6 Å². The van der Waals surface area contributed by atoms with Gasteiger partial charge in [-0.3, -0.25) is 9.36 Å². The molecular weight excluding hydrogens is 382 g/mol. The van der Waals surface area contributed by atoms with Crippen LogP contribution in [-0.4, -0.2) is 25.9 Å². The zero-order valence-corrected chi connectivity index (χ0v) is 15.9. The summed E-state index contributed by atoms with van der Waals surface area (Å²) >= 11 is 1.20. The van der Waals surface area contributed by atoms with Crippen molar-refractivity contribution in [3.8, 4) is 5.69 Å². The van der Waals surface area contributed by atoms with Crippen molar-refractivity contribution in [3.63, 3.8) is 0 Å². The van der Waals surface area contributed by atoms with E-state index in [0.717, 1.165) is 36.5 Å². The van der Waals surface area contributed by atoms with Crippen molar-refractivity contribution < 1.29 is 13.6 Å². The molecule has 0 saturated heterocycles. The molecule has 0 radical (unpaired) electrons. The highest BCUT2D eigenvalue weighted by molar-refractivity contribution is 8.00. The van der Waals surface area contributed by atoms with Gasteiger partial charge in [-0.05, 0) is 44.0 Å². The van der Waals surface area contributed by atoms with Gasteiger partial charge in [0.15, 0.2) is 5.16 Å². The van der Waals surface area contributed by atoms with E-state index in [9.17, 15) is 13.6 Å². The molecule has 144 valence electrons. The Balaban J connectivity index is 1.56. The molecule has 4 rings (SSSR count). The van der Waals surface area contributed by atoms with Crippen LogP contribution in [0.1, 0.15) is 31.5 Å². The number of aromatic nitrogens is 3. The highest BCUT2D eigenvalue weighted by atomic mass is 32.2. The van der Waals surface area contributed by atoms with Crippen LogP contribution in [0.15, 0.2) is 53.7 Å². The van der Waals surface area contributed by atoms with Crippen molar-refractivity contribution in [1.82, 2.24) is 14.8 Å². The largest absolute Gasteiger partial charge is 0.320 e. The summed E-state index contributed by atoms with van der Waals surface area (Å²) in [4.78, 5) is 12.5. The Morgan fingerprint density at radius 3 is 2.43 bits per heavy atom. The molecule has 1 atom stereocenters. The van der Waals surface area contributed by atoms with E-state index in [1.165, 1.54) is 17.8 Å². The van der Waals surface area contributed by atoms with Crippen LogP contribution in [0.5, 0.6) is 0 Å². The van der Waals surface area contributed by atoms with Crippen molar-refractivity contribution >= 4 is 23.4 Å². The number of halogens is 2. The van der Waals surface area contributed by atoms with Crippen molar-refractivity contribution in [2.24, 2.45) is 0 Å². The third-order valence-corrected chi connectivity index (χ3v) is 5.52. The molecule has 0 bridgehead atoms. The summed E-state index contributed by atoms with van der Waals surface area (Å²) in [6.07, 6.45) is 2.14. The summed E-state index contributed by atoms with van der Waals surface area (Å²) in [6, 6.07) is 13.2. The molecule has 5 nitrogen and oxygen atoms in total. The van der Waals surface area contributed by atoms with E-state index in [4.69, 9.17) is 0 Å². The topological polar surface area (TPSA) is 59.8 Å². The highest BCUT2D eigenvalue weighted by Gasteiger charge is 2.32. The average molecular weight is 400 g/mol. The molecule has 0 aliphatic heterocycles. The van der Waals surface area contributed by atoms with Crippen molar-refractivity contribution in [3.05, 3.63) is 66.0 Å². The normalized spacial score (nSPS) is 14.7. The number of hydrogen-bond acceptors (Lipinski definition) is 4. The molecule has 2 aromatic carbocycles. The molecule has 0 spiro atoms. The molecule has 1 heterocycles. The van der Waals surface area contributed by atoms with E-state index in [1.807, 2.05) is 34.9 Å². The van der Waals surface area contributed by atoms with E-state index in [1.54, 1.807) is 6.92 Å². The molecule has 1 aliphatic rings. The van der Waals surface area contributed by atoms with Crippen molar-refractivity contribution in [1.29, 1.82) is 0 Å². The fraction of sp³-hybridized carbons (Fsp3) is 0.250. The number of nitrogens with one attached hydrogen (secondary N) is 1. The first-order chi connectivity index (χ1) is 13.5. The van der Waals surface area contributed by atoms with Gasteiger partial charge >= 0.3 is 0 Å². The maximum atomic E-state index is 13.8. The smallest absolute Gasteiger partial charge is 0.237 e. The third-order valence-electron chi connectivity index (χ3n) is 4.48. The molecule has 0 unspecified atom stereocenters. The van der Waals surface area contributed by atoms with Crippen molar-refractivity contribution in [2.45, 2.75) is 36.1 Å².